The molecule has 1 atom stereocenters. The lowest BCUT2D eigenvalue weighted by Crippen LogP contribution is -2.28. The predicted molar refractivity (Wildman–Crippen MR) is 99.9 cm³/mol. The number of rotatable bonds is 9. The third-order valence-corrected chi connectivity index (χ3v) is 4.34. The van der Waals surface area contributed by atoms with E-state index < -0.39 is 6.10 Å². The lowest BCUT2D eigenvalue weighted by molar-refractivity contribution is -0.122. The first kappa shape index (κ1) is 20.4. The van der Waals surface area contributed by atoms with Gasteiger partial charge in [0.15, 0.2) is 5.78 Å². The molecule has 2 N–H and O–H groups in total. The monoisotopic (exact) mass is 332 g/mol. The Morgan fingerprint density at radius 3 is 2.54 bits per heavy atom. The molecule has 0 aliphatic heterocycles. The van der Waals surface area contributed by atoms with Crippen LogP contribution >= 0.6 is 0 Å². The maximum Gasteiger partial charge on any atom is 0.195 e. The number of hydrogen-bond donors (Lipinski definition) is 2. The first-order chi connectivity index (χ1) is 11.4. The summed E-state index contributed by atoms with van der Waals surface area (Å²) in [7, 11) is 0. The highest BCUT2D eigenvalue weighted by Gasteiger charge is 2.29. The molecule has 0 heterocycles. The molecule has 1 aliphatic carbocycles. The molecule has 0 spiro atoms. The fourth-order valence-electron chi connectivity index (χ4n) is 2.76. The molecule has 3 heteroatoms. The van der Waals surface area contributed by atoms with Crippen molar-refractivity contribution in [1.82, 2.24) is 0 Å². The number of ketones is 1. The van der Waals surface area contributed by atoms with Gasteiger partial charge in [-0.2, -0.15) is 0 Å². The fourth-order valence-corrected chi connectivity index (χ4v) is 2.76. The summed E-state index contributed by atoms with van der Waals surface area (Å²) in [5.74, 6) is -0.333. The predicted octanol–water partition coefficient (Wildman–Crippen LogP) is 5.33. The number of Topliss-reactive ketones (excluding diaryl/α,β-unsaturated/α-hetero) is 1. The molecule has 0 aromatic rings. The van der Waals surface area contributed by atoms with Crippen molar-refractivity contribution in [2.24, 2.45) is 0 Å². The molecule has 0 radical (unpaired) electrons. The number of carbonyl (C=O) groups is 1. The van der Waals surface area contributed by atoms with Crippen molar-refractivity contribution in [3.8, 4) is 0 Å². The van der Waals surface area contributed by atoms with E-state index in [-0.39, 0.29) is 11.5 Å². The van der Waals surface area contributed by atoms with Gasteiger partial charge in [-0.25, -0.2) is 0 Å². The third kappa shape index (κ3) is 6.48. The molecule has 134 valence electrons. The van der Waals surface area contributed by atoms with E-state index in [1.165, 1.54) is 11.1 Å². The highest BCUT2D eigenvalue weighted by atomic mass is 16.3. The molecule has 24 heavy (non-hydrogen) atoms. The van der Waals surface area contributed by atoms with Gasteiger partial charge in [0.1, 0.15) is 11.9 Å². The van der Waals surface area contributed by atoms with Crippen LogP contribution in [0.15, 0.2) is 46.3 Å². The summed E-state index contributed by atoms with van der Waals surface area (Å²) in [6.45, 7) is 8.30. The zero-order valence-electron chi connectivity index (χ0n) is 15.6. The highest BCUT2D eigenvalue weighted by Crippen LogP contribution is 2.27. The number of aliphatic hydroxyl groups excluding tert-OH is 2. The van der Waals surface area contributed by atoms with Gasteiger partial charge in [-0.15, -0.1) is 0 Å². The number of allylic oxidation sites excluding steroid dienone is 5. The van der Waals surface area contributed by atoms with E-state index in [1.54, 1.807) is 6.08 Å². The van der Waals surface area contributed by atoms with Crippen LogP contribution in [0.1, 0.15) is 72.6 Å². The molecule has 0 saturated carbocycles. The molecule has 0 saturated heterocycles. The van der Waals surface area contributed by atoms with Crippen LogP contribution < -0.4 is 0 Å². The van der Waals surface area contributed by atoms with Crippen molar-refractivity contribution in [2.45, 2.75) is 78.7 Å². The Morgan fingerprint density at radius 1 is 1.21 bits per heavy atom. The first-order valence-corrected chi connectivity index (χ1v) is 9.00. The minimum absolute atomic E-state index is 0.0187. The average molecular weight is 332 g/mol. The van der Waals surface area contributed by atoms with Crippen molar-refractivity contribution in [3.63, 3.8) is 0 Å². The molecular formula is C21H32O3. The van der Waals surface area contributed by atoms with Crippen LogP contribution in [0.5, 0.6) is 0 Å². The summed E-state index contributed by atoms with van der Waals surface area (Å²) in [5, 5.41) is 20.4. The maximum atomic E-state index is 12.3. The van der Waals surface area contributed by atoms with Crippen molar-refractivity contribution < 1.29 is 15.0 Å². The lowest BCUT2D eigenvalue weighted by atomic mass is 9.88. The fraction of sp³-hybridized carbons (Fsp3) is 0.571. The largest absolute Gasteiger partial charge is 0.508 e. The molecule has 3 nitrogen and oxygen atoms in total. The molecule has 0 amide bonds. The molecule has 1 aliphatic rings. The van der Waals surface area contributed by atoms with Crippen molar-refractivity contribution in [2.75, 3.05) is 0 Å². The van der Waals surface area contributed by atoms with Crippen LogP contribution in [0.4, 0.5) is 0 Å². The summed E-state index contributed by atoms with van der Waals surface area (Å²) < 4.78 is 0. The summed E-state index contributed by atoms with van der Waals surface area (Å²) in [6.07, 6.45) is 10.7. The van der Waals surface area contributed by atoms with E-state index in [2.05, 4.69) is 26.8 Å². The van der Waals surface area contributed by atoms with Gasteiger partial charge in [0.05, 0.1) is 0 Å². The topological polar surface area (TPSA) is 57.5 Å². The molecule has 1 rings (SSSR count). The van der Waals surface area contributed by atoms with Crippen molar-refractivity contribution in [1.29, 1.82) is 0 Å². The van der Waals surface area contributed by atoms with Crippen LogP contribution in [0.3, 0.4) is 0 Å². The van der Waals surface area contributed by atoms with E-state index in [4.69, 9.17) is 0 Å². The van der Waals surface area contributed by atoms with Gasteiger partial charge in [0.25, 0.3) is 0 Å². The summed E-state index contributed by atoms with van der Waals surface area (Å²) in [6, 6.07) is 0. The van der Waals surface area contributed by atoms with Gasteiger partial charge < -0.3 is 10.2 Å². The Bertz CT molecular complexity index is 558. The molecular weight excluding hydrogens is 300 g/mol. The van der Waals surface area contributed by atoms with Crippen molar-refractivity contribution >= 4 is 5.78 Å². The average Bonchev–Trinajstić information content (AvgIpc) is 2.51. The van der Waals surface area contributed by atoms with Crippen LogP contribution in [-0.2, 0) is 4.79 Å². The zero-order valence-corrected chi connectivity index (χ0v) is 15.6. The number of aliphatic hydroxyl groups is 2. The van der Waals surface area contributed by atoms with E-state index in [0.717, 1.165) is 32.1 Å². The summed E-state index contributed by atoms with van der Waals surface area (Å²) in [4.78, 5) is 12.3. The van der Waals surface area contributed by atoms with Gasteiger partial charge in [0, 0.05) is 5.57 Å². The van der Waals surface area contributed by atoms with Crippen LogP contribution in [-0.4, -0.2) is 22.1 Å². The number of unbranched alkanes of at least 4 members (excludes halogenated alkanes) is 2. The standard InChI is InChI=1S/C21H32O3/c1-5-6-7-11-17-14-19(22)18(21(24)20(17)23)13-12-16(4)10-8-9-15(2)3/h9,12,14,20,22-23H,5-8,10-11,13H2,1-4H3/b16-12+. The van der Waals surface area contributed by atoms with Gasteiger partial charge in [-0.1, -0.05) is 43.1 Å². The molecule has 1 unspecified atom stereocenters. The van der Waals surface area contributed by atoms with Gasteiger partial charge in [0.2, 0.25) is 0 Å². The van der Waals surface area contributed by atoms with Crippen LogP contribution in [0.2, 0.25) is 0 Å². The Balaban J connectivity index is 2.74. The Kier molecular flexibility index (Phi) is 8.77. The lowest BCUT2D eigenvalue weighted by Gasteiger charge is -2.21. The van der Waals surface area contributed by atoms with Crippen molar-refractivity contribution in [3.05, 3.63) is 46.3 Å². The second-order valence-corrected chi connectivity index (χ2v) is 6.88. The third-order valence-electron chi connectivity index (χ3n) is 4.34. The summed E-state index contributed by atoms with van der Waals surface area (Å²) in [5.41, 5.74) is 3.45. The van der Waals surface area contributed by atoms with Gasteiger partial charge in [-0.05, 0) is 64.5 Å². The second-order valence-electron chi connectivity index (χ2n) is 6.88. The molecule has 0 aromatic carbocycles. The molecule has 0 fully saturated rings. The normalized spacial score (nSPS) is 18.7. The van der Waals surface area contributed by atoms with Gasteiger partial charge in [-0.3, -0.25) is 4.79 Å². The van der Waals surface area contributed by atoms with E-state index >= 15 is 0 Å². The van der Waals surface area contributed by atoms with Crippen LogP contribution in [0, 0.1) is 0 Å². The minimum Gasteiger partial charge on any atom is -0.508 e. The quantitative estimate of drug-likeness (QED) is 0.443. The zero-order chi connectivity index (χ0) is 18.1. The second kappa shape index (κ2) is 10.3. The highest BCUT2D eigenvalue weighted by molar-refractivity contribution is 6.02. The van der Waals surface area contributed by atoms with E-state index in [9.17, 15) is 15.0 Å². The summed E-state index contributed by atoms with van der Waals surface area (Å²) >= 11 is 0. The maximum absolute atomic E-state index is 12.3. The Labute approximate surface area is 146 Å². The molecule has 0 aromatic heterocycles. The Morgan fingerprint density at radius 2 is 1.92 bits per heavy atom. The molecule has 0 bridgehead atoms. The minimum atomic E-state index is -1.09. The van der Waals surface area contributed by atoms with E-state index in [0.29, 0.717) is 24.0 Å². The number of hydrogen-bond acceptors (Lipinski definition) is 3. The van der Waals surface area contributed by atoms with Gasteiger partial charge >= 0.3 is 0 Å². The number of carbonyl (C=O) groups excluding carboxylic acids is 1. The smallest absolute Gasteiger partial charge is 0.195 e. The SMILES string of the molecule is CCCCCC1=CC(O)=C(C/C=C(\C)CCC=C(C)C)C(=O)C1O. The first-order valence-electron chi connectivity index (χ1n) is 9.00. The Hall–Kier alpha value is -1.61. The van der Waals surface area contributed by atoms with E-state index in [1.807, 2.05) is 13.0 Å². The van der Waals surface area contributed by atoms with Crippen LogP contribution in [0.25, 0.3) is 0 Å².